The van der Waals surface area contributed by atoms with Gasteiger partial charge in [-0.05, 0) is 0 Å². The van der Waals surface area contributed by atoms with E-state index in [4.69, 9.17) is 4.26 Å². The average molecular weight is 733 g/mol. The fraction of sp³-hybridized carbons (Fsp3) is 0.310. The van der Waals surface area contributed by atoms with Crippen molar-refractivity contribution in [1.29, 1.82) is 0 Å². The van der Waals surface area contributed by atoms with Crippen LogP contribution in [0.5, 0.6) is 0 Å². The molecule has 43 heavy (non-hydrogen) atoms. The van der Waals surface area contributed by atoms with Crippen LogP contribution in [-0.4, -0.2) is 4.26 Å². The zero-order valence-electron chi connectivity index (χ0n) is 27.6. The molecule has 0 aliphatic heterocycles. The van der Waals surface area contributed by atoms with Gasteiger partial charge in [-0.1, -0.05) is 0 Å². The molecule has 0 heterocycles. The SMILES string of the molecule is [CH2]=[Hf]([CH3])([CH3])([CH3])([CH2]C)([CH]1C=Cc2c(-c3ccc(C(C)C)cc3)cccc21)[CH]1C=Cc2c(-c3ccc(C(C)C)cc3)cccc21. The molecular formula is C42H50Hf. The monoisotopic (exact) mass is 734 g/mol. The molecule has 2 aliphatic carbocycles. The Bertz CT molecular complexity index is 1790. The van der Waals surface area contributed by atoms with Crippen LogP contribution in [0.25, 0.3) is 34.4 Å². The molecule has 0 N–H and O–H groups in total. The second kappa shape index (κ2) is 9.07. The molecule has 0 nitrogen and oxygen atoms in total. The van der Waals surface area contributed by atoms with Crippen molar-refractivity contribution in [2.75, 3.05) is 0 Å². The Balaban J connectivity index is 1.48. The first-order chi connectivity index (χ1) is 20.1. The Morgan fingerprint density at radius 3 is 1.28 bits per heavy atom. The molecule has 0 saturated carbocycles. The number of hydrogen-bond acceptors (Lipinski definition) is 0. The van der Waals surface area contributed by atoms with Gasteiger partial charge in [-0.15, -0.1) is 0 Å². The summed E-state index contributed by atoms with van der Waals surface area (Å²) < 4.78 is 15.3. The molecule has 4 aromatic rings. The Morgan fingerprint density at radius 1 is 0.581 bits per heavy atom. The summed E-state index contributed by atoms with van der Waals surface area (Å²) in [4.78, 5) is 0. The molecule has 0 amide bonds. The first-order valence-corrected chi connectivity index (χ1v) is 36.5. The Labute approximate surface area is 254 Å². The first kappa shape index (κ1) is 30.1. The van der Waals surface area contributed by atoms with Crippen molar-refractivity contribution in [3.63, 3.8) is 0 Å². The maximum atomic E-state index is 5.61. The van der Waals surface area contributed by atoms with E-state index < -0.39 is 15.1 Å². The molecule has 0 aromatic heterocycles. The fourth-order valence-corrected chi connectivity index (χ4v) is 33.5. The maximum absolute atomic E-state index is 5.61. The first-order valence-electron chi connectivity index (χ1n) is 16.5. The van der Waals surface area contributed by atoms with Gasteiger partial charge < -0.3 is 0 Å². The third kappa shape index (κ3) is 4.52. The van der Waals surface area contributed by atoms with Gasteiger partial charge >= 0.3 is 256 Å². The molecule has 0 saturated heterocycles. The molecule has 0 spiro atoms. The van der Waals surface area contributed by atoms with Crippen LogP contribution in [0.1, 0.15) is 87.2 Å². The van der Waals surface area contributed by atoms with Crippen LogP contribution in [0.2, 0.25) is 18.2 Å². The van der Waals surface area contributed by atoms with Gasteiger partial charge in [0, 0.05) is 0 Å². The van der Waals surface area contributed by atoms with Gasteiger partial charge in [-0.25, -0.2) is 0 Å². The van der Waals surface area contributed by atoms with E-state index in [1.807, 2.05) is 0 Å². The van der Waals surface area contributed by atoms with Crippen molar-refractivity contribution < 1.29 is 15.1 Å². The number of hydrogen-bond donors (Lipinski definition) is 0. The summed E-state index contributed by atoms with van der Waals surface area (Å²) in [6, 6.07) is 32.4. The molecule has 2 unspecified atom stereocenters. The van der Waals surface area contributed by atoms with Crippen LogP contribution in [0.4, 0.5) is 0 Å². The molecule has 2 aliphatic rings. The van der Waals surface area contributed by atoms with Crippen LogP contribution < -0.4 is 0 Å². The van der Waals surface area contributed by atoms with Crippen molar-refractivity contribution in [3.8, 4) is 22.3 Å². The Kier molecular flexibility index (Phi) is 6.36. The number of benzene rings is 4. The molecule has 1 heteroatoms. The summed E-state index contributed by atoms with van der Waals surface area (Å²) in [7, 11) is 0. The number of fused-ring (bicyclic) bond motifs is 2. The normalized spacial score (nSPS) is 20.0. The van der Waals surface area contributed by atoms with E-state index >= 15 is 0 Å². The predicted octanol–water partition coefficient (Wildman–Crippen LogP) is 12.9. The van der Waals surface area contributed by atoms with Crippen molar-refractivity contribution in [1.82, 2.24) is 0 Å². The van der Waals surface area contributed by atoms with E-state index in [0.29, 0.717) is 19.2 Å². The minimum absolute atomic E-state index is 0.300. The van der Waals surface area contributed by atoms with Crippen LogP contribution in [0, 0.1) is 0 Å². The van der Waals surface area contributed by atoms with E-state index in [0.717, 1.165) is 4.18 Å². The fourth-order valence-electron chi connectivity index (χ4n) is 8.42. The Hall–Kier alpha value is -2.90. The van der Waals surface area contributed by atoms with Gasteiger partial charge in [-0.3, -0.25) is 0 Å². The van der Waals surface area contributed by atoms with Crippen LogP contribution >= 0.6 is 0 Å². The molecule has 2 atom stereocenters. The van der Waals surface area contributed by atoms with Gasteiger partial charge in [0.25, 0.3) is 0 Å². The second-order valence-corrected chi connectivity index (χ2v) is 72.1. The summed E-state index contributed by atoms with van der Waals surface area (Å²) in [5.74, 6) is 1.07. The van der Waals surface area contributed by atoms with Crippen molar-refractivity contribution in [2.24, 2.45) is 0 Å². The van der Waals surface area contributed by atoms with E-state index in [-0.39, 0.29) is 0 Å². The van der Waals surface area contributed by atoms with E-state index in [1.54, 1.807) is 0 Å². The molecule has 4 aromatic carbocycles. The number of rotatable bonds is 7. The van der Waals surface area contributed by atoms with Crippen LogP contribution in [-0.2, 0) is 15.1 Å². The van der Waals surface area contributed by atoms with E-state index in [1.165, 1.54) is 55.6 Å². The zero-order valence-corrected chi connectivity index (χ0v) is 31.2. The third-order valence-electron chi connectivity index (χ3n) is 12.5. The summed E-state index contributed by atoms with van der Waals surface area (Å²) in [5.41, 5.74) is 13.7. The van der Waals surface area contributed by atoms with E-state index in [2.05, 4.69) is 158 Å². The zero-order chi connectivity index (χ0) is 30.9. The second-order valence-electron chi connectivity index (χ2n) is 17.8. The predicted molar refractivity (Wildman–Crippen MR) is 191 cm³/mol. The molecule has 0 bridgehead atoms. The summed E-state index contributed by atoms with van der Waals surface area (Å²) in [6.45, 7) is 11.5. The summed E-state index contributed by atoms with van der Waals surface area (Å²) >= 11 is -5.10. The van der Waals surface area contributed by atoms with Gasteiger partial charge in [0.05, 0.1) is 0 Å². The molecule has 0 fully saturated rings. The molecular weight excluding hydrogens is 683 g/mol. The summed E-state index contributed by atoms with van der Waals surface area (Å²) in [6.07, 6.45) is 9.92. The third-order valence-corrected chi connectivity index (χ3v) is 50.7. The van der Waals surface area contributed by atoms with Crippen molar-refractivity contribution >= 4 is 16.4 Å². The minimum atomic E-state index is -5.10. The van der Waals surface area contributed by atoms with Crippen LogP contribution in [0.15, 0.2) is 97.1 Å². The number of allylic oxidation sites excluding steroid dienone is 2. The molecule has 222 valence electrons. The standard InChI is InChI=1S/2C18H17.C2H5.3CH3.CH2.Hf/c2*1-13(2)14-9-11-16(12-10-14)18-8-4-6-15-5-3-7-17(15)18;1-2;;;;;/h2*3-13H,1-2H3;1H2,2H3;3*1H3;1H2;. The van der Waals surface area contributed by atoms with Gasteiger partial charge in [-0.2, -0.15) is 0 Å². The molecule has 6 rings (SSSR count). The Morgan fingerprint density at radius 2 is 0.953 bits per heavy atom. The van der Waals surface area contributed by atoms with Gasteiger partial charge in [0.15, 0.2) is 0 Å². The van der Waals surface area contributed by atoms with E-state index in [9.17, 15) is 0 Å². The van der Waals surface area contributed by atoms with Gasteiger partial charge in [0.2, 0.25) is 0 Å². The molecule has 0 radical (unpaired) electrons. The van der Waals surface area contributed by atoms with Crippen molar-refractivity contribution in [3.05, 3.63) is 130 Å². The van der Waals surface area contributed by atoms with Crippen molar-refractivity contribution in [2.45, 2.75) is 72.0 Å². The van der Waals surface area contributed by atoms with Gasteiger partial charge in [0.1, 0.15) is 0 Å². The van der Waals surface area contributed by atoms with Crippen LogP contribution in [0.3, 0.4) is 0 Å². The quantitative estimate of drug-likeness (QED) is 0.166. The average Bonchev–Trinajstić information content (AvgIpc) is 3.64. The summed E-state index contributed by atoms with van der Waals surface area (Å²) in [5, 5.41) is 0. The topological polar surface area (TPSA) is 0 Å².